The summed E-state index contributed by atoms with van der Waals surface area (Å²) in [6.07, 6.45) is 1.69. The first-order chi connectivity index (χ1) is 19.6. The number of hydrogen-bond donors (Lipinski definition) is 1. The Balaban J connectivity index is 1.37. The SMILES string of the molecule is CSC1CC2NC(=O)C=[N+]([C@H]3C[C@@H](OC(=O)c4ccc(C)cc4)[C@@H](COC(=O)c4ccc(C)cc4)O3)C2C(=O)N1C. The van der Waals surface area contributed by atoms with Gasteiger partial charge in [-0.3, -0.25) is 9.59 Å². The molecule has 0 radical (unpaired) electrons. The van der Waals surface area contributed by atoms with Gasteiger partial charge >= 0.3 is 17.8 Å². The third-order valence-electron chi connectivity index (χ3n) is 7.78. The molecule has 0 aliphatic carbocycles. The topological polar surface area (TPSA) is 114 Å². The van der Waals surface area contributed by atoms with Gasteiger partial charge in [0.05, 0.1) is 22.9 Å². The summed E-state index contributed by atoms with van der Waals surface area (Å²) in [4.78, 5) is 53.6. The Morgan fingerprint density at radius 3 is 2.22 bits per heavy atom. The van der Waals surface area contributed by atoms with Crippen LogP contribution in [0.25, 0.3) is 0 Å². The van der Waals surface area contributed by atoms with Gasteiger partial charge in [-0.25, -0.2) is 9.59 Å². The highest BCUT2D eigenvalue weighted by molar-refractivity contribution is 7.99. The van der Waals surface area contributed by atoms with Gasteiger partial charge in [0, 0.05) is 13.5 Å². The number of esters is 2. The van der Waals surface area contributed by atoms with Crippen molar-refractivity contribution in [1.82, 2.24) is 10.2 Å². The molecule has 3 aliphatic rings. The van der Waals surface area contributed by atoms with Gasteiger partial charge < -0.3 is 24.4 Å². The van der Waals surface area contributed by atoms with E-state index in [0.29, 0.717) is 17.5 Å². The minimum atomic E-state index is -0.809. The van der Waals surface area contributed by atoms with E-state index >= 15 is 0 Å². The molecule has 2 amide bonds. The number of thioether (sulfide) groups is 1. The van der Waals surface area contributed by atoms with Gasteiger partial charge in [0.15, 0.2) is 0 Å². The molecule has 11 heteroatoms. The fourth-order valence-electron chi connectivity index (χ4n) is 5.44. The first-order valence-electron chi connectivity index (χ1n) is 13.5. The predicted molar refractivity (Wildman–Crippen MR) is 152 cm³/mol. The van der Waals surface area contributed by atoms with Gasteiger partial charge in [-0.05, 0) is 44.4 Å². The Labute approximate surface area is 243 Å². The Morgan fingerprint density at radius 2 is 1.61 bits per heavy atom. The lowest BCUT2D eigenvalue weighted by molar-refractivity contribution is -0.631. The van der Waals surface area contributed by atoms with Crippen LogP contribution < -0.4 is 5.32 Å². The van der Waals surface area contributed by atoms with Crippen LogP contribution in [0.5, 0.6) is 0 Å². The molecule has 0 bridgehead atoms. The van der Waals surface area contributed by atoms with E-state index < -0.39 is 42.5 Å². The van der Waals surface area contributed by atoms with E-state index in [-0.39, 0.29) is 30.2 Å². The number of fused-ring (bicyclic) bond motifs is 1. The standard InChI is InChI=1S/C30H33N3O7S/c1-17-5-9-19(10-6-17)29(36)38-16-23-22(40-30(37)20-11-7-18(2)8-12-20)14-25(39-23)33-15-24(34)31-21-13-26(41-4)32(3)28(35)27(21)33/h5-12,15,21-23,25-27H,13-14,16H2,1-4H3/p+1/t21?,22-,23-,25-,26?,27?/m1/s1. The lowest BCUT2D eigenvalue weighted by atomic mass is 9.95. The number of hydrogen-bond acceptors (Lipinski definition) is 8. The number of benzene rings is 2. The molecule has 10 nitrogen and oxygen atoms in total. The number of carbonyl (C=O) groups excluding carboxylic acids is 4. The molecule has 6 atom stereocenters. The average Bonchev–Trinajstić information content (AvgIpc) is 3.36. The summed E-state index contributed by atoms with van der Waals surface area (Å²) in [5.74, 6) is -1.53. The summed E-state index contributed by atoms with van der Waals surface area (Å²) in [6.45, 7) is 3.67. The van der Waals surface area contributed by atoms with Gasteiger partial charge in [0.2, 0.25) is 6.21 Å². The Hall–Kier alpha value is -3.70. The molecule has 0 aromatic heterocycles. The highest BCUT2D eigenvalue weighted by Crippen LogP contribution is 2.32. The van der Waals surface area contributed by atoms with E-state index in [1.165, 1.54) is 6.21 Å². The molecule has 3 unspecified atom stereocenters. The van der Waals surface area contributed by atoms with Crippen LogP contribution in [0.1, 0.15) is 44.7 Å². The van der Waals surface area contributed by atoms with E-state index in [4.69, 9.17) is 14.2 Å². The highest BCUT2D eigenvalue weighted by Gasteiger charge is 2.55. The summed E-state index contributed by atoms with van der Waals surface area (Å²) < 4.78 is 19.4. The number of piperidine rings is 1. The zero-order valence-electron chi connectivity index (χ0n) is 23.4. The van der Waals surface area contributed by atoms with Crippen molar-refractivity contribution in [1.29, 1.82) is 0 Å². The maximum Gasteiger partial charge on any atom is 0.338 e. The zero-order chi connectivity index (χ0) is 29.3. The Morgan fingerprint density at radius 1 is 1.00 bits per heavy atom. The summed E-state index contributed by atoms with van der Waals surface area (Å²) in [5, 5.41) is 2.86. The van der Waals surface area contributed by atoms with E-state index in [0.717, 1.165) is 11.1 Å². The molecule has 3 heterocycles. The van der Waals surface area contributed by atoms with Crippen LogP contribution in [-0.2, 0) is 23.8 Å². The largest absolute Gasteiger partial charge is 0.459 e. The molecule has 3 aliphatic heterocycles. The number of aryl methyl sites for hydroxylation is 2. The predicted octanol–water partition coefficient (Wildman–Crippen LogP) is 2.30. The molecule has 0 saturated carbocycles. The fourth-order valence-corrected chi connectivity index (χ4v) is 6.26. The normalized spacial score (nSPS) is 27.5. The number of amides is 2. The van der Waals surface area contributed by atoms with Crippen molar-refractivity contribution in [2.75, 3.05) is 19.9 Å². The van der Waals surface area contributed by atoms with Gasteiger partial charge in [-0.15, -0.1) is 11.8 Å². The Kier molecular flexibility index (Phi) is 8.46. The summed E-state index contributed by atoms with van der Waals surface area (Å²) >= 11 is 1.55. The van der Waals surface area contributed by atoms with Crippen molar-refractivity contribution in [2.24, 2.45) is 0 Å². The van der Waals surface area contributed by atoms with Crippen LogP contribution in [0.4, 0.5) is 0 Å². The van der Waals surface area contributed by atoms with Crippen LogP contribution in [0, 0.1) is 13.8 Å². The van der Waals surface area contributed by atoms with Crippen molar-refractivity contribution < 1.29 is 38.0 Å². The fraction of sp³-hybridized carbons (Fsp3) is 0.433. The van der Waals surface area contributed by atoms with Gasteiger partial charge in [0.25, 0.3) is 18.2 Å². The van der Waals surface area contributed by atoms with E-state index in [1.54, 1.807) is 52.6 Å². The van der Waals surface area contributed by atoms with Crippen molar-refractivity contribution in [3.05, 3.63) is 70.8 Å². The minimum Gasteiger partial charge on any atom is -0.459 e. The lowest BCUT2D eigenvalue weighted by Gasteiger charge is -2.40. The first kappa shape index (κ1) is 28.8. The van der Waals surface area contributed by atoms with E-state index in [9.17, 15) is 19.2 Å². The van der Waals surface area contributed by atoms with Crippen LogP contribution in [0.2, 0.25) is 0 Å². The third-order valence-corrected chi connectivity index (χ3v) is 8.83. The zero-order valence-corrected chi connectivity index (χ0v) is 24.3. The molecule has 216 valence electrons. The van der Waals surface area contributed by atoms with E-state index in [1.807, 2.05) is 44.4 Å². The monoisotopic (exact) mass is 580 g/mol. The van der Waals surface area contributed by atoms with E-state index in [2.05, 4.69) is 5.32 Å². The van der Waals surface area contributed by atoms with Crippen LogP contribution in [0.3, 0.4) is 0 Å². The maximum absolute atomic E-state index is 13.4. The molecule has 0 spiro atoms. The second-order valence-electron chi connectivity index (χ2n) is 10.7. The molecule has 2 saturated heterocycles. The van der Waals surface area contributed by atoms with Crippen molar-refractivity contribution in [3.63, 3.8) is 0 Å². The number of nitrogens with zero attached hydrogens (tertiary/aromatic N) is 2. The number of ether oxygens (including phenoxy) is 3. The number of likely N-dealkylation sites (tertiary alicyclic amines) is 1. The molecule has 2 fully saturated rings. The van der Waals surface area contributed by atoms with Crippen LogP contribution in [-0.4, -0.2) is 95.2 Å². The number of carbonyl (C=O) groups is 4. The van der Waals surface area contributed by atoms with Crippen molar-refractivity contribution in [2.45, 2.75) is 62.6 Å². The molecule has 2 aromatic carbocycles. The second-order valence-corrected chi connectivity index (χ2v) is 11.7. The molecule has 1 N–H and O–H groups in total. The molecule has 5 rings (SSSR count). The van der Waals surface area contributed by atoms with Crippen molar-refractivity contribution in [3.8, 4) is 0 Å². The number of likely N-dealkylation sites (N-methyl/N-ethyl adjacent to an activating group) is 1. The average molecular weight is 581 g/mol. The smallest absolute Gasteiger partial charge is 0.338 e. The molecular formula is C30H34N3O7S+. The number of rotatable bonds is 7. The highest BCUT2D eigenvalue weighted by atomic mass is 32.2. The Bertz CT molecular complexity index is 1360. The number of nitrogens with one attached hydrogen (secondary N) is 1. The summed E-state index contributed by atoms with van der Waals surface area (Å²) in [5.41, 5.74) is 2.79. The quantitative estimate of drug-likeness (QED) is 0.392. The second kappa shape index (κ2) is 12.0. The van der Waals surface area contributed by atoms with Gasteiger partial charge in [-0.1, -0.05) is 35.4 Å². The van der Waals surface area contributed by atoms with Gasteiger partial charge in [-0.2, -0.15) is 4.58 Å². The third kappa shape index (κ3) is 6.15. The van der Waals surface area contributed by atoms with Crippen molar-refractivity contribution >= 4 is 41.7 Å². The van der Waals surface area contributed by atoms with Crippen LogP contribution in [0.15, 0.2) is 48.5 Å². The minimum absolute atomic E-state index is 0.0642. The molecule has 41 heavy (non-hydrogen) atoms. The maximum atomic E-state index is 13.4. The van der Waals surface area contributed by atoms with Gasteiger partial charge in [0.1, 0.15) is 24.9 Å². The first-order valence-corrected chi connectivity index (χ1v) is 14.8. The molecular weight excluding hydrogens is 546 g/mol. The summed E-state index contributed by atoms with van der Waals surface area (Å²) in [6, 6.07) is 12.9. The lowest BCUT2D eigenvalue weighted by Crippen LogP contribution is -2.67. The molecule has 2 aromatic rings. The van der Waals surface area contributed by atoms with Crippen LogP contribution >= 0.6 is 11.8 Å². The summed E-state index contributed by atoms with van der Waals surface area (Å²) in [7, 11) is 1.75.